The predicted octanol–water partition coefficient (Wildman–Crippen LogP) is 8.70. The van der Waals surface area contributed by atoms with Crippen LogP contribution in [0.4, 0.5) is 34.1 Å². The zero-order chi connectivity index (χ0) is 30.3. The van der Waals surface area contributed by atoms with Gasteiger partial charge in [-0.1, -0.05) is 79.7 Å². The lowest BCUT2D eigenvalue weighted by atomic mass is 9.32. The molecule has 0 aromatic heterocycles. The van der Waals surface area contributed by atoms with E-state index < -0.39 is 0 Å². The lowest BCUT2D eigenvalue weighted by Crippen LogP contribution is -2.64. The van der Waals surface area contributed by atoms with Gasteiger partial charge in [-0.25, -0.2) is 0 Å². The third-order valence-electron chi connectivity index (χ3n) is 13.3. The summed E-state index contributed by atoms with van der Waals surface area (Å²) in [6, 6.07) is 40.4. The van der Waals surface area contributed by atoms with Gasteiger partial charge in [-0.15, -0.1) is 0 Å². The average Bonchev–Trinajstić information content (AvgIpc) is 3.08. The number of aryl methyl sites for hydroxylation is 2. The molecule has 2 nitrogen and oxygen atoms in total. The Bertz CT molecular complexity index is 2080. The second kappa shape index (κ2) is 8.97. The van der Waals surface area contributed by atoms with Gasteiger partial charge < -0.3 is 9.80 Å². The van der Waals surface area contributed by atoms with Crippen LogP contribution in [-0.4, -0.2) is 6.71 Å². The summed E-state index contributed by atoms with van der Waals surface area (Å²) < 4.78 is 0. The van der Waals surface area contributed by atoms with Crippen LogP contribution in [0.5, 0.6) is 0 Å². The van der Waals surface area contributed by atoms with Gasteiger partial charge in [0.25, 0.3) is 6.71 Å². The molecule has 0 unspecified atom stereocenters. The van der Waals surface area contributed by atoms with Crippen molar-refractivity contribution in [3.63, 3.8) is 0 Å². The van der Waals surface area contributed by atoms with Gasteiger partial charge in [0.15, 0.2) is 0 Å². The van der Waals surface area contributed by atoms with Gasteiger partial charge in [0.05, 0.1) is 5.69 Å². The molecule has 0 atom stereocenters. The van der Waals surface area contributed by atoms with Crippen molar-refractivity contribution in [1.29, 1.82) is 0 Å². The van der Waals surface area contributed by atoms with Gasteiger partial charge in [-0.2, -0.15) is 0 Å². The van der Waals surface area contributed by atoms with Crippen LogP contribution in [0.25, 0.3) is 0 Å². The van der Waals surface area contributed by atoms with Crippen LogP contribution < -0.4 is 26.2 Å². The molecule has 3 heterocycles. The first-order valence-electron chi connectivity index (χ1n) is 17.8. The van der Waals surface area contributed by atoms with Crippen molar-refractivity contribution in [2.75, 3.05) is 9.80 Å². The molecule has 46 heavy (non-hydrogen) atoms. The smallest absolute Gasteiger partial charge is 0.252 e. The minimum Gasteiger partial charge on any atom is -0.311 e. The van der Waals surface area contributed by atoms with E-state index in [4.69, 9.17) is 0 Å². The SMILES string of the molecule is CCc1ccc2c(c1)N(c1ccccc1C)c1cccc3c1B2c1cccc2c1N3c1ccccc1C21C2CC3CC(C2)CC1C3. The number of hydrogen-bond acceptors (Lipinski definition) is 2. The Morgan fingerprint density at radius 1 is 0.609 bits per heavy atom. The summed E-state index contributed by atoms with van der Waals surface area (Å²) in [7, 11) is 0. The molecule has 4 bridgehead atoms. The van der Waals surface area contributed by atoms with E-state index in [1.165, 1.54) is 93.7 Å². The Labute approximate surface area is 273 Å². The zero-order valence-corrected chi connectivity index (χ0v) is 26.8. The number of nitrogens with zero attached hydrogens (tertiary/aromatic N) is 2. The van der Waals surface area contributed by atoms with Crippen LogP contribution in [0, 0.1) is 30.6 Å². The van der Waals surface area contributed by atoms with Gasteiger partial charge in [-0.3, -0.25) is 0 Å². The van der Waals surface area contributed by atoms with E-state index in [-0.39, 0.29) is 12.1 Å². The number of para-hydroxylation sites is 3. The molecule has 5 aromatic carbocycles. The molecule has 7 aliphatic rings. The molecule has 4 saturated carbocycles. The summed E-state index contributed by atoms with van der Waals surface area (Å²) >= 11 is 0. The highest BCUT2D eigenvalue weighted by molar-refractivity contribution is 7.00. The van der Waals surface area contributed by atoms with Crippen LogP contribution in [0.2, 0.25) is 0 Å². The molecule has 3 aliphatic heterocycles. The minimum absolute atomic E-state index is 0.123. The van der Waals surface area contributed by atoms with E-state index in [0.29, 0.717) is 0 Å². The van der Waals surface area contributed by atoms with Crippen molar-refractivity contribution in [1.82, 2.24) is 0 Å². The number of fused-ring (bicyclic) bond motifs is 6. The summed E-state index contributed by atoms with van der Waals surface area (Å²) in [6.07, 6.45) is 8.14. The minimum atomic E-state index is 0.123. The maximum atomic E-state index is 2.70. The van der Waals surface area contributed by atoms with Crippen molar-refractivity contribution < 1.29 is 0 Å². The van der Waals surface area contributed by atoms with Gasteiger partial charge >= 0.3 is 0 Å². The highest BCUT2D eigenvalue weighted by Gasteiger charge is 2.62. The molecular weight excluding hydrogens is 555 g/mol. The number of benzene rings is 5. The first-order chi connectivity index (χ1) is 22.7. The molecule has 4 aliphatic carbocycles. The van der Waals surface area contributed by atoms with Gasteiger partial charge in [0.1, 0.15) is 0 Å². The molecular formula is C43H39BN2. The van der Waals surface area contributed by atoms with Crippen molar-refractivity contribution >= 4 is 57.2 Å². The van der Waals surface area contributed by atoms with Crippen LogP contribution in [0.1, 0.15) is 61.3 Å². The summed E-state index contributed by atoms with van der Waals surface area (Å²) in [5.74, 6) is 3.36. The summed E-state index contributed by atoms with van der Waals surface area (Å²) in [5, 5.41) is 0. The number of hydrogen-bond donors (Lipinski definition) is 0. The maximum absolute atomic E-state index is 2.70. The fourth-order valence-electron chi connectivity index (χ4n) is 11.9. The molecule has 3 heteroatoms. The Kier molecular flexibility index (Phi) is 5.05. The highest BCUT2D eigenvalue weighted by Crippen LogP contribution is 2.69. The van der Waals surface area contributed by atoms with Crippen LogP contribution in [0.15, 0.2) is 103 Å². The van der Waals surface area contributed by atoms with Gasteiger partial charge in [0, 0.05) is 33.9 Å². The van der Waals surface area contributed by atoms with E-state index >= 15 is 0 Å². The monoisotopic (exact) mass is 594 g/mol. The summed E-state index contributed by atoms with van der Waals surface area (Å²) in [6.45, 7) is 4.74. The second-order valence-corrected chi connectivity index (χ2v) is 15.3. The molecule has 0 N–H and O–H groups in total. The molecule has 224 valence electrons. The number of rotatable bonds is 2. The fourth-order valence-corrected chi connectivity index (χ4v) is 11.9. The third-order valence-corrected chi connectivity index (χ3v) is 13.3. The molecule has 0 radical (unpaired) electrons. The average molecular weight is 595 g/mol. The predicted molar refractivity (Wildman–Crippen MR) is 192 cm³/mol. The molecule has 5 aromatic rings. The quantitative estimate of drug-likeness (QED) is 0.185. The van der Waals surface area contributed by atoms with Crippen LogP contribution in [-0.2, 0) is 11.8 Å². The molecule has 1 spiro atoms. The Balaban J connectivity index is 1.24. The number of anilines is 6. The van der Waals surface area contributed by atoms with Crippen LogP contribution in [0.3, 0.4) is 0 Å². The summed E-state index contributed by atoms with van der Waals surface area (Å²) in [4.78, 5) is 5.27. The van der Waals surface area contributed by atoms with Crippen molar-refractivity contribution in [2.45, 2.75) is 57.8 Å². The third kappa shape index (κ3) is 3.02. The van der Waals surface area contributed by atoms with Gasteiger partial charge in [-0.05, 0) is 138 Å². The van der Waals surface area contributed by atoms with E-state index in [2.05, 4.69) is 127 Å². The molecule has 0 saturated heterocycles. The van der Waals surface area contributed by atoms with Crippen molar-refractivity contribution in [3.8, 4) is 0 Å². The van der Waals surface area contributed by atoms with Crippen LogP contribution >= 0.6 is 0 Å². The van der Waals surface area contributed by atoms with E-state index in [1.807, 2.05) is 0 Å². The largest absolute Gasteiger partial charge is 0.311 e. The Hall–Kier alpha value is -4.24. The van der Waals surface area contributed by atoms with E-state index in [0.717, 1.165) is 30.1 Å². The topological polar surface area (TPSA) is 6.48 Å². The zero-order valence-electron chi connectivity index (χ0n) is 26.8. The maximum Gasteiger partial charge on any atom is 0.252 e. The highest BCUT2D eigenvalue weighted by atomic mass is 15.2. The summed E-state index contributed by atoms with van der Waals surface area (Å²) in [5.41, 5.74) is 18.6. The second-order valence-electron chi connectivity index (χ2n) is 15.3. The first kappa shape index (κ1) is 25.9. The Morgan fingerprint density at radius 3 is 2.02 bits per heavy atom. The fraction of sp³-hybridized carbons (Fsp3) is 0.302. The molecule has 0 amide bonds. The van der Waals surface area contributed by atoms with Gasteiger partial charge in [0.2, 0.25) is 0 Å². The van der Waals surface area contributed by atoms with E-state index in [9.17, 15) is 0 Å². The Morgan fingerprint density at radius 2 is 1.26 bits per heavy atom. The lowest BCUT2D eigenvalue weighted by molar-refractivity contribution is -0.0419. The first-order valence-corrected chi connectivity index (χ1v) is 17.8. The van der Waals surface area contributed by atoms with Crippen molar-refractivity contribution in [3.05, 3.63) is 125 Å². The molecule has 12 rings (SSSR count). The normalized spacial score (nSPS) is 27.0. The van der Waals surface area contributed by atoms with E-state index in [1.54, 1.807) is 11.1 Å². The molecule has 4 fully saturated rings. The van der Waals surface area contributed by atoms with Crippen molar-refractivity contribution in [2.24, 2.45) is 23.7 Å². The lowest BCUT2D eigenvalue weighted by Gasteiger charge is -2.64. The standard InChI is InChI=1S/C43H39BN2/c1-3-27-18-19-34-40(25-27)45(36-14-6-4-10-26(36)2)38-16-9-17-39-41(38)44(34)35-13-8-12-33-42(35)46(39)37-15-7-5-11-32(37)43(33)30-21-28-20-29(23-30)24-31(43)22-28/h4-19,25,28-31H,3,20-24H2,1-2H3.